The van der Waals surface area contributed by atoms with Gasteiger partial charge in [-0.25, -0.2) is 9.97 Å². The molecular weight excluding hydrogens is 296 g/mol. The lowest BCUT2D eigenvalue weighted by Gasteiger charge is -2.09. The number of anilines is 1. The molecule has 3 aromatic rings. The third-order valence-electron chi connectivity index (χ3n) is 3.60. The van der Waals surface area contributed by atoms with Crippen LogP contribution in [0.3, 0.4) is 0 Å². The summed E-state index contributed by atoms with van der Waals surface area (Å²) in [6.07, 6.45) is 5.91. The van der Waals surface area contributed by atoms with E-state index in [-0.39, 0.29) is 11.9 Å². The van der Waals surface area contributed by atoms with Crippen molar-refractivity contribution in [2.45, 2.75) is 26.8 Å². The number of methoxy groups -OCH3 is 1. The first-order chi connectivity index (χ1) is 11.2. The highest BCUT2D eigenvalue weighted by atomic mass is 16.5. The van der Waals surface area contributed by atoms with Gasteiger partial charge in [0.1, 0.15) is 17.7 Å². The average molecular weight is 314 g/mol. The van der Waals surface area contributed by atoms with E-state index in [0.29, 0.717) is 17.9 Å². The summed E-state index contributed by atoms with van der Waals surface area (Å²) in [6.45, 7) is 4.67. The first-order valence-corrected chi connectivity index (χ1v) is 7.41. The lowest BCUT2D eigenvalue weighted by atomic mass is 10.2. The number of fused-ring (bicyclic) bond motifs is 1. The predicted octanol–water partition coefficient (Wildman–Crippen LogP) is 1.77. The number of aromatic nitrogens is 5. The molecule has 0 bridgehead atoms. The number of ether oxygens (including phenoxy) is 1. The van der Waals surface area contributed by atoms with Crippen molar-refractivity contribution in [3.63, 3.8) is 0 Å². The van der Waals surface area contributed by atoms with Crippen LogP contribution in [-0.4, -0.2) is 37.2 Å². The zero-order valence-corrected chi connectivity index (χ0v) is 13.3. The Morgan fingerprint density at radius 1 is 1.35 bits per heavy atom. The number of hydrogen-bond donors (Lipinski definition) is 1. The predicted molar refractivity (Wildman–Crippen MR) is 84.8 cm³/mol. The molecule has 3 rings (SSSR count). The first kappa shape index (κ1) is 15.0. The Kier molecular flexibility index (Phi) is 3.96. The van der Waals surface area contributed by atoms with Crippen LogP contribution in [0.2, 0.25) is 0 Å². The van der Waals surface area contributed by atoms with Crippen molar-refractivity contribution in [3.8, 4) is 5.75 Å². The van der Waals surface area contributed by atoms with Crippen molar-refractivity contribution in [3.05, 3.63) is 36.0 Å². The van der Waals surface area contributed by atoms with Gasteiger partial charge in [0.05, 0.1) is 12.7 Å². The standard InChI is InChI=1S/C15H18N6O2/c1-4-10-7-16-13-6-12(23-3)11(8-21(10)13)14(22)18-15-17-9-20(5-2)19-15/h6-9H,4-5H2,1-3H3,(H,18,19,22). The largest absolute Gasteiger partial charge is 0.496 e. The van der Waals surface area contributed by atoms with Crippen molar-refractivity contribution < 1.29 is 9.53 Å². The number of pyridine rings is 1. The molecule has 8 heteroatoms. The van der Waals surface area contributed by atoms with Gasteiger partial charge >= 0.3 is 0 Å². The van der Waals surface area contributed by atoms with Crippen LogP contribution >= 0.6 is 0 Å². The van der Waals surface area contributed by atoms with Gasteiger partial charge in [-0.1, -0.05) is 6.92 Å². The van der Waals surface area contributed by atoms with Crippen molar-refractivity contribution in [1.82, 2.24) is 24.1 Å². The second-order valence-corrected chi connectivity index (χ2v) is 4.96. The monoisotopic (exact) mass is 314 g/mol. The Labute approximate surface area is 133 Å². The van der Waals surface area contributed by atoms with E-state index >= 15 is 0 Å². The zero-order chi connectivity index (χ0) is 16.4. The third-order valence-corrected chi connectivity index (χ3v) is 3.60. The minimum atomic E-state index is -0.326. The maximum absolute atomic E-state index is 12.5. The van der Waals surface area contributed by atoms with E-state index in [1.165, 1.54) is 7.11 Å². The van der Waals surface area contributed by atoms with Gasteiger partial charge < -0.3 is 9.14 Å². The van der Waals surface area contributed by atoms with Gasteiger partial charge in [0.25, 0.3) is 5.91 Å². The van der Waals surface area contributed by atoms with Crippen LogP contribution in [0.15, 0.2) is 24.8 Å². The molecule has 0 aliphatic heterocycles. The fourth-order valence-corrected chi connectivity index (χ4v) is 2.33. The van der Waals surface area contributed by atoms with Gasteiger partial charge in [0.15, 0.2) is 0 Å². The smallest absolute Gasteiger partial charge is 0.263 e. The minimum absolute atomic E-state index is 0.264. The van der Waals surface area contributed by atoms with Gasteiger partial charge in [-0.3, -0.25) is 14.8 Å². The summed E-state index contributed by atoms with van der Waals surface area (Å²) >= 11 is 0. The molecule has 0 radical (unpaired) electrons. The summed E-state index contributed by atoms with van der Waals surface area (Å²) in [7, 11) is 1.52. The van der Waals surface area contributed by atoms with Crippen molar-refractivity contribution in [2.75, 3.05) is 12.4 Å². The van der Waals surface area contributed by atoms with Crippen LogP contribution in [0.25, 0.3) is 5.65 Å². The molecule has 1 amide bonds. The molecule has 0 saturated carbocycles. The normalized spacial score (nSPS) is 10.9. The quantitative estimate of drug-likeness (QED) is 0.775. The van der Waals surface area contributed by atoms with Crippen molar-refractivity contribution >= 4 is 17.5 Å². The molecule has 0 saturated heterocycles. The summed E-state index contributed by atoms with van der Waals surface area (Å²) in [5.74, 6) is 0.395. The molecular formula is C15H18N6O2. The van der Waals surface area contributed by atoms with E-state index in [9.17, 15) is 4.79 Å². The van der Waals surface area contributed by atoms with Crippen LogP contribution in [0.5, 0.6) is 5.75 Å². The number of nitrogens with zero attached hydrogens (tertiary/aromatic N) is 5. The highest BCUT2D eigenvalue weighted by molar-refractivity contribution is 6.05. The SMILES string of the molecule is CCc1cnc2cc(OC)c(C(=O)Nc3ncn(CC)n3)cn12. The zero-order valence-electron chi connectivity index (χ0n) is 13.3. The van der Waals surface area contributed by atoms with Crippen molar-refractivity contribution in [1.29, 1.82) is 0 Å². The number of carbonyl (C=O) groups is 1. The Hall–Kier alpha value is -2.90. The Balaban J connectivity index is 1.97. The van der Waals surface area contributed by atoms with Crippen LogP contribution < -0.4 is 10.1 Å². The molecule has 0 spiro atoms. The number of carbonyl (C=O) groups excluding carboxylic acids is 1. The number of rotatable bonds is 5. The number of aryl methyl sites for hydroxylation is 2. The molecule has 0 aromatic carbocycles. The Bertz CT molecular complexity index is 851. The number of imidazole rings is 1. The summed E-state index contributed by atoms with van der Waals surface area (Å²) in [6, 6.07) is 1.74. The topological polar surface area (TPSA) is 86.3 Å². The highest BCUT2D eigenvalue weighted by Gasteiger charge is 2.17. The Morgan fingerprint density at radius 2 is 2.17 bits per heavy atom. The summed E-state index contributed by atoms with van der Waals surface area (Å²) in [5.41, 5.74) is 2.16. The van der Waals surface area contributed by atoms with Gasteiger partial charge in [-0.2, -0.15) is 0 Å². The first-order valence-electron chi connectivity index (χ1n) is 7.41. The maximum Gasteiger partial charge on any atom is 0.263 e. The van der Waals surface area contributed by atoms with Crippen LogP contribution in [-0.2, 0) is 13.0 Å². The molecule has 120 valence electrons. The highest BCUT2D eigenvalue weighted by Crippen LogP contribution is 2.22. The molecule has 23 heavy (non-hydrogen) atoms. The average Bonchev–Trinajstić information content (AvgIpc) is 3.19. The minimum Gasteiger partial charge on any atom is -0.496 e. The van der Waals surface area contributed by atoms with Gasteiger partial charge in [0, 0.05) is 30.7 Å². The van der Waals surface area contributed by atoms with E-state index < -0.39 is 0 Å². The summed E-state index contributed by atoms with van der Waals surface area (Å²) < 4.78 is 8.85. The number of nitrogens with one attached hydrogen (secondary N) is 1. The number of hydrogen-bond acceptors (Lipinski definition) is 5. The lowest BCUT2D eigenvalue weighted by molar-refractivity contribution is 0.102. The van der Waals surface area contributed by atoms with Crippen LogP contribution in [0.1, 0.15) is 29.9 Å². The molecule has 0 unspecified atom stereocenters. The van der Waals surface area contributed by atoms with Gasteiger partial charge in [0.2, 0.25) is 5.95 Å². The van der Waals surface area contributed by atoms with Crippen LogP contribution in [0, 0.1) is 0 Å². The van der Waals surface area contributed by atoms with E-state index in [1.54, 1.807) is 29.5 Å². The molecule has 3 heterocycles. The molecule has 8 nitrogen and oxygen atoms in total. The molecule has 0 aliphatic rings. The van der Waals surface area contributed by atoms with E-state index in [1.807, 2.05) is 18.2 Å². The second-order valence-electron chi connectivity index (χ2n) is 4.96. The molecule has 0 fully saturated rings. The third kappa shape index (κ3) is 2.75. The van der Waals surface area contributed by atoms with Gasteiger partial charge in [-0.05, 0) is 13.3 Å². The fraction of sp³-hybridized carbons (Fsp3) is 0.333. The van der Waals surface area contributed by atoms with E-state index in [2.05, 4.69) is 20.4 Å². The second kappa shape index (κ2) is 6.07. The fourth-order valence-electron chi connectivity index (χ4n) is 2.33. The summed E-state index contributed by atoms with van der Waals surface area (Å²) in [5, 5.41) is 6.84. The van der Waals surface area contributed by atoms with E-state index in [0.717, 1.165) is 17.8 Å². The van der Waals surface area contributed by atoms with Crippen molar-refractivity contribution in [2.24, 2.45) is 0 Å². The Morgan fingerprint density at radius 3 is 2.83 bits per heavy atom. The molecule has 3 aromatic heterocycles. The lowest BCUT2D eigenvalue weighted by Crippen LogP contribution is -2.15. The number of amides is 1. The molecule has 0 aliphatic carbocycles. The van der Waals surface area contributed by atoms with E-state index in [4.69, 9.17) is 4.74 Å². The maximum atomic E-state index is 12.5. The summed E-state index contributed by atoms with van der Waals surface area (Å²) in [4.78, 5) is 20.9. The van der Waals surface area contributed by atoms with Crippen LogP contribution in [0.4, 0.5) is 5.95 Å². The van der Waals surface area contributed by atoms with Gasteiger partial charge in [-0.15, -0.1) is 5.10 Å². The molecule has 1 N–H and O–H groups in total. The molecule has 0 atom stereocenters.